The van der Waals surface area contributed by atoms with Gasteiger partial charge in [0.15, 0.2) is 0 Å². The van der Waals surface area contributed by atoms with Crippen LogP contribution in [0.15, 0.2) is 0 Å². The van der Waals surface area contributed by atoms with Crippen molar-refractivity contribution in [2.75, 3.05) is 19.7 Å². The van der Waals surface area contributed by atoms with Crippen molar-refractivity contribution in [1.82, 2.24) is 4.90 Å². The van der Waals surface area contributed by atoms with Crippen molar-refractivity contribution in [2.24, 2.45) is 0 Å². The van der Waals surface area contributed by atoms with Crippen molar-refractivity contribution in [3.8, 4) is 0 Å². The molecule has 1 unspecified atom stereocenters. The fourth-order valence-corrected chi connectivity index (χ4v) is 2.08. The second kappa shape index (κ2) is 4.72. The maximum Gasteiger partial charge on any atom is 0.323 e. The number of hydrogen-bond acceptors (Lipinski definition) is 3. The van der Waals surface area contributed by atoms with E-state index in [1.54, 1.807) is 6.92 Å². The van der Waals surface area contributed by atoms with E-state index in [1.807, 2.05) is 25.7 Å². The maximum absolute atomic E-state index is 11.2. The number of hydrogen-bond donors (Lipinski definition) is 1. The molecule has 0 aromatic carbocycles. The van der Waals surface area contributed by atoms with Gasteiger partial charge in [0.1, 0.15) is 5.54 Å². The van der Waals surface area contributed by atoms with Gasteiger partial charge in [0.25, 0.3) is 0 Å². The Hall–Kier alpha value is -0.610. The van der Waals surface area contributed by atoms with Gasteiger partial charge in [-0.1, -0.05) is 0 Å². The number of aliphatic carboxylic acids is 1. The predicted molar refractivity (Wildman–Crippen MR) is 62.6 cm³/mol. The highest BCUT2D eigenvalue weighted by molar-refractivity contribution is 5.78. The Bertz CT molecular complexity index is 259. The molecule has 0 aliphatic carbocycles. The number of likely N-dealkylation sites (tertiary alicyclic amines) is 1. The van der Waals surface area contributed by atoms with Crippen LogP contribution in [0.2, 0.25) is 0 Å². The van der Waals surface area contributed by atoms with Crippen molar-refractivity contribution in [1.29, 1.82) is 0 Å². The van der Waals surface area contributed by atoms with Crippen LogP contribution in [0.25, 0.3) is 0 Å². The molecule has 1 fully saturated rings. The third kappa shape index (κ3) is 3.19. The van der Waals surface area contributed by atoms with E-state index in [9.17, 15) is 9.90 Å². The van der Waals surface area contributed by atoms with Gasteiger partial charge < -0.3 is 9.84 Å². The Morgan fingerprint density at radius 3 is 2.62 bits per heavy atom. The monoisotopic (exact) mass is 229 g/mol. The molecule has 1 N–H and O–H groups in total. The molecule has 1 saturated heterocycles. The van der Waals surface area contributed by atoms with Gasteiger partial charge in [0, 0.05) is 6.54 Å². The first-order valence-corrected chi connectivity index (χ1v) is 5.88. The topological polar surface area (TPSA) is 49.8 Å². The van der Waals surface area contributed by atoms with Crippen molar-refractivity contribution in [3.63, 3.8) is 0 Å². The van der Waals surface area contributed by atoms with E-state index >= 15 is 0 Å². The average molecular weight is 229 g/mol. The molecule has 4 nitrogen and oxygen atoms in total. The zero-order valence-electron chi connectivity index (χ0n) is 10.7. The van der Waals surface area contributed by atoms with Crippen LogP contribution in [0.1, 0.15) is 40.5 Å². The summed E-state index contributed by atoms with van der Waals surface area (Å²) in [5, 5.41) is 9.22. The van der Waals surface area contributed by atoms with Gasteiger partial charge >= 0.3 is 5.97 Å². The molecular formula is C12H23NO3. The number of rotatable bonds is 4. The summed E-state index contributed by atoms with van der Waals surface area (Å²) in [5.74, 6) is -0.722. The van der Waals surface area contributed by atoms with Crippen molar-refractivity contribution < 1.29 is 14.6 Å². The summed E-state index contributed by atoms with van der Waals surface area (Å²) >= 11 is 0. The highest BCUT2D eigenvalue weighted by Gasteiger charge is 2.42. The van der Waals surface area contributed by atoms with Crippen molar-refractivity contribution >= 4 is 5.97 Å². The first-order chi connectivity index (χ1) is 7.26. The summed E-state index contributed by atoms with van der Waals surface area (Å²) < 4.78 is 5.63. The zero-order valence-corrected chi connectivity index (χ0v) is 10.7. The van der Waals surface area contributed by atoms with E-state index in [4.69, 9.17) is 4.74 Å². The normalized spacial score (nSPS) is 27.2. The summed E-state index contributed by atoms with van der Waals surface area (Å²) in [6.07, 6.45) is 1.69. The van der Waals surface area contributed by atoms with E-state index in [2.05, 4.69) is 0 Å². The highest BCUT2D eigenvalue weighted by Crippen LogP contribution is 2.28. The van der Waals surface area contributed by atoms with Crippen LogP contribution in [0.3, 0.4) is 0 Å². The van der Waals surface area contributed by atoms with Crippen LogP contribution in [-0.4, -0.2) is 46.8 Å². The Labute approximate surface area is 97.6 Å². The summed E-state index contributed by atoms with van der Waals surface area (Å²) in [4.78, 5) is 13.2. The lowest BCUT2D eigenvalue weighted by Crippen LogP contribution is -2.49. The molecule has 1 heterocycles. The Morgan fingerprint density at radius 1 is 1.50 bits per heavy atom. The molecule has 0 aromatic heterocycles. The van der Waals surface area contributed by atoms with Crippen LogP contribution in [0, 0.1) is 0 Å². The first kappa shape index (κ1) is 13.5. The number of carboxylic acids is 1. The number of carbonyl (C=O) groups is 1. The fraction of sp³-hybridized carbons (Fsp3) is 0.917. The van der Waals surface area contributed by atoms with Gasteiger partial charge in [-0.25, -0.2) is 0 Å². The van der Waals surface area contributed by atoms with E-state index in [0.717, 1.165) is 19.4 Å². The van der Waals surface area contributed by atoms with Gasteiger partial charge in [0.05, 0.1) is 12.2 Å². The van der Waals surface area contributed by atoms with E-state index in [-0.39, 0.29) is 5.60 Å². The molecule has 0 radical (unpaired) electrons. The van der Waals surface area contributed by atoms with Crippen LogP contribution in [0.4, 0.5) is 0 Å². The molecule has 1 aliphatic heterocycles. The molecule has 1 aliphatic rings. The molecule has 0 aromatic rings. The highest BCUT2D eigenvalue weighted by atomic mass is 16.5. The van der Waals surface area contributed by atoms with E-state index in [1.165, 1.54) is 0 Å². The van der Waals surface area contributed by atoms with Gasteiger partial charge in [0.2, 0.25) is 0 Å². The second-order valence-corrected chi connectivity index (χ2v) is 5.63. The standard InChI is InChI=1S/C12H23NO3/c1-11(2,3)16-9-8-13-7-5-6-12(13,4)10(14)15/h5-9H2,1-4H3,(H,14,15). The van der Waals surface area contributed by atoms with Gasteiger partial charge in [-0.05, 0) is 47.1 Å². The predicted octanol–water partition coefficient (Wildman–Crippen LogP) is 1.74. The summed E-state index contributed by atoms with van der Waals surface area (Å²) in [5.41, 5.74) is -0.847. The lowest BCUT2D eigenvalue weighted by molar-refractivity contribution is -0.149. The number of ether oxygens (including phenoxy) is 1. The molecule has 1 rings (SSSR count). The fourth-order valence-electron chi connectivity index (χ4n) is 2.08. The van der Waals surface area contributed by atoms with Gasteiger partial charge in [-0.3, -0.25) is 9.69 Å². The maximum atomic E-state index is 11.2. The molecule has 0 bridgehead atoms. The minimum absolute atomic E-state index is 0.153. The second-order valence-electron chi connectivity index (χ2n) is 5.63. The molecule has 0 saturated carbocycles. The van der Waals surface area contributed by atoms with Crippen molar-refractivity contribution in [3.05, 3.63) is 0 Å². The molecule has 1 atom stereocenters. The quantitative estimate of drug-likeness (QED) is 0.797. The molecule has 0 spiro atoms. The molecular weight excluding hydrogens is 206 g/mol. The lowest BCUT2D eigenvalue weighted by atomic mass is 9.99. The minimum atomic E-state index is -0.722. The van der Waals surface area contributed by atoms with Crippen LogP contribution in [-0.2, 0) is 9.53 Å². The SMILES string of the molecule is CC(C)(C)OCCN1CCCC1(C)C(=O)O. The summed E-state index contributed by atoms with van der Waals surface area (Å²) in [7, 11) is 0. The first-order valence-electron chi connectivity index (χ1n) is 5.88. The van der Waals surface area contributed by atoms with Crippen molar-refractivity contribution in [2.45, 2.75) is 51.7 Å². The molecule has 94 valence electrons. The Morgan fingerprint density at radius 2 is 2.12 bits per heavy atom. The summed E-state index contributed by atoms with van der Waals surface area (Å²) in [6, 6.07) is 0. The molecule has 0 amide bonds. The van der Waals surface area contributed by atoms with Crippen LogP contribution < -0.4 is 0 Å². The number of nitrogens with zero attached hydrogens (tertiary/aromatic N) is 1. The van der Waals surface area contributed by atoms with Crippen LogP contribution in [0.5, 0.6) is 0 Å². The lowest BCUT2D eigenvalue weighted by Gasteiger charge is -2.32. The minimum Gasteiger partial charge on any atom is -0.480 e. The average Bonchev–Trinajstić information content (AvgIpc) is 2.47. The molecule has 16 heavy (non-hydrogen) atoms. The third-order valence-electron chi connectivity index (χ3n) is 3.15. The summed E-state index contributed by atoms with van der Waals surface area (Å²) in [6.45, 7) is 9.97. The number of carboxylic acid groups (broad SMARTS) is 1. The third-order valence-corrected chi connectivity index (χ3v) is 3.15. The smallest absolute Gasteiger partial charge is 0.323 e. The Balaban J connectivity index is 2.45. The van der Waals surface area contributed by atoms with Gasteiger partial charge in [-0.15, -0.1) is 0 Å². The van der Waals surface area contributed by atoms with E-state index < -0.39 is 11.5 Å². The van der Waals surface area contributed by atoms with Gasteiger partial charge in [-0.2, -0.15) is 0 Å². The largest absolute Gasteiger partial charge is 0.480 e. The Kier molecular flexibility index (Phi) is 3.97. The van der Waals surface area contributed by atoms with E-state index in [0.29, 0.717) is 13.2 Å². The molecule has 4 heteroatoms. The van der Waals surface area contributed by atoms with Crippen LogP contribution >= 0.6 is 0 Å². The zero-order chi connectivity index (χ0) is 12.4.